The second-order valence-electron chi connectivity index (χ2n) is 21.6. The van der Waals surface area contributed by atoms with Crippen LogP contribution in [-0.2, 0) is 27.1 Å². The first-order chi connectivity index (χ1) is 28.9. The highest BCUT2D eigenvalue weighted by Gasteiger charge is 2.23. The van der Waals surface area contributed by atoms with Gasteiger partial charge in [-0.1, -0.05) is 177 Å². The molecule has 6 aromatic carbocycles. The maximum Gasteiger partial charge on any atom is 0.130 e. The van der Waals surface area contributed by atoms with E-state index in [4.69, 9.17) is 0 Å². The lowest BCUT2D eigenvalue weighted by molar-refractivity contribution is 0.429. The number of benzene rings is 6. The molecule has 0 bridgehead atoms. The first-order valence-electron chi connectivity index (χ1n) is 21.9. The van der Waals surface area contributed by atoms with E-state index in [0.29, 0.717) is 22.5 Å². The van der Waals surface area contributed by atoms with Gasteiger partial charge in [0.05, 0.1) is 11.7 Å². The summed E-state index contributed by atoms with van der Waals surface area (Å²) in [5.74, 6) is 0.383. The molecule has 63 heavy (non-hydrogen) atoms. The fourth-order valence-electron chi connectivity index (χ4n) is 7.65. The Balaban J connectivity index is 0.000000211. The molecular weight excluding hydrogens is 780 g/mol. The fourth-order valence-corrected chi connectivity index (χ4v) is 7.65. The SMILES string of the molecule is CC(C)(C)c1c(O)cccc1F.CC(C)(C)c1cc(O)cc2ccccc12.CC(C)(C)c1ccccc1.Cc1ccc(O)cc1C(C)(C)C.Cc1ccc2[nH]ncc2c1C(C)(C)C. The fraction of sp³-hybridized carbons (Fsp3) is 0.386. The zero-order valence-electron chi connectivity index (χ0n) is 41.2. The predicted octanol–water partition coefficient (Wildman–Crippen LogP) is 15.8. The van der Waals surface area contributed by atoms with Crippen molar-refractivity contribution in [1.29, 1.82) is 0 Å². The number of aromatic hydroxyl groups is 3. The molecule has 5 nitrogen and oxygen atoms in total. The summed E-state index contributed by atoms with van der Waals surface area (Å²) in [5, 5.41) is 39.0. The molecular formula is C57H75FN2O3. The molecule has 0 fully saturated rings. The molecule has 7 rings (SSSR count). The van der Waals surface area contributed by atoms with Crippen LogP contribution in [0.4, 0.5) is 4.39 Å². The lowest BCUT2D eigenvalue weighted by Crippen LogP contribution is -2.13. The molecule has 0 unspecified atom stereocenters. The van der Waals surface area contributed by atoms with Crippen LogP contribution in [0.2, 0.25) is 0 Å². The van der Waals surface area contributed by atoms with Gasteiger partial charge < -0.3 is 15.3 Å². The highest BCUT2D eigenvalue weighted by molar-refractivity contribution is 5.88. The number of rotatable bonds is 0. The average Bonchev–Trinajstić information content (AvgIpc) is 3.63. The number of H-pyrrole nitrogens is 1. The number of nitrogens with zero attached hydrogens (tertiary/aromatic N) is 1. The van der Waals surface area contributed by atoms with Crippen LogP contribution in [-0.4, -0.2) is 25.5 Å². The van der Waals surface area contributed by atoms with Gasteiger partial charge in [0.25, 0.3) is 0 Å². The van der Waals surface area contributed by atoms with Gasteiger partial charge in [0.2, 0.25) is 0 Å². The highest BCUT2D eigenvalue weighted by atomic mass is 19.1. The summed E-state index contributed by atoms with van der Waals surface area (Å²) in [6, 6.07) is 36.5. The van der Waals surface area contributed by atoms with E-state index in [2.05, 4.69) is 156 Å². The van der Waals surface area contributed by atoms with Crippen molar-refractivity contribution in [2.75, 3.05) is 0 Å². The van der Waals surface area contributed by atoms with Crippen LogP contribution in [0.3, 0.4) is 0 Å². The number of halogens is 1. The normalized spacial score (nSPS) is 11.8. The molecule has 0 saturated carbocycles. The van der Waals surface area contributed by atoms with E-state index in [1.807, 2.05) is 69.4 Å². The Labute approximate surface area is 378 Å². The van der Waals surface area contributed by atoms with E-state index < -0.39 is 0 Å². The van der Waals surface area contributed by atoms with E-state index in [9.17, 15) is 19.7 Å². The summed E-state index contributed by atoms with van der Waals surface area (Å²) in [6.45, 7) is 36.1. The van der Waals surface area contributed by atoms with Gasteiger partial charge in [0.1, 0.15) is 23.1 Å². The van der Waals surface area contributed by atoms with E-state index >= 15 is 0 Å². The topological polar surface area (TPSA) is 89.4 Å². The van der Waals surface area contributed by atoms with E-state index in [0.717, 1.165) is 10.9 Å². The molecule has 0 aliphatic carbocycles. The number of nitrogens with one attached hydrogen (secondary N) is 1. The number of aromatic amines is 1. The second kappa shape index (κ2) is 20.7. The first kappa shape index (κ1) is 51.7. The Morgan fingerprint density at radius 3 is 1.49 bits per heavy atom. The van der Waals surface area contributed by atoms with Crippen LogP contribution < -0.4 is 0 Å². The summed E-state index contributed by atoms with van der Waals surface area (Å²) in [5.41, 5.74) is 9.56. The molecule has 0 amide bonds. The third-order valence-corrected chi connectivity index (χ3v) is 10.6. The summed E-state index contributed by atoms with van der Waals surface area (Å²) >= 11 is 0. The Morgan fingerprint density at radius 2 is 1.00 bits per heavy atom. The third-order valence-electron chi connectivity index (χ3n) is 10.6. The van der Waals surface area contributed by atoms with Crippen molar-refractivity contribution in [2.45, 2.75) is 145 Å². The first-order valence-corrected chi connectivity index (χ1v) is 21.9. The molecule has 0 spiro atoms. The van der Waals surface area contributed by atoms with Gasteiger partial charge in [0.15, 0.2) is 0 Å². The Morgan fingerprint density at radius 1 is 0.460 bits per heavy atom. The number of phenolic OH excluding ortho intramolecular Hbond substituents is 3. The standard InChI is InChI=1S/C14H16O.C12H16N2.C11H16O.C10H13FO.C10H14/c1-14(2,3)13-9-11(15)8-10-6-4-5-7-12(10)13;1-8-5-6-10-9(7-13-14-10)11(8)12(2,3)4;1-8-5-6-9(12)7-10(8)11(2,3)4;1-10(2,3)9-7(11)5-4-6-8(9)12;1-10(2,3)9-7-5-4-6-8-9/h4-9,15H,1-3H3;5-7H,1-4H3,(H,13,14);5-7,12H,1-4H3;4-6,12H,1-3H3;4-8H,1-3H3. The van der Waals surface area contributed by atoms with Gasteiger partial charge in [-0.05, 0) is 128 Å². The molecule has 1 aromatic heterocycles. The van der Waals surface area contributed by atoms with Crippen LogP contribution in [0.25, 0.3) is 21.7 Å². The van der Waals surface area contributed by atoms with Crippen molar-refractivity contribution < 1.29 is 19.7 Å². The highest BCUT2D eigenvalue weighted by Crippen LogP contribution is 2.35. The van der Waals surface area contributed by atoms with E-state index in [1.54, 1.807) is 6.07 Å². The molecule has 0 aliphatic heterocycles. The quantitative estimate of drug-likeness (QED) is 0.122. The minimum absolute atomic E-state index is 0.0301. The van der Waals surface area contributed by atoms with Gasteiger partial charge in [-0.3, -0.25) is 5.10 Å². The van der Waals surface area contributed by atoms with E-state index in [-0.39, 0.29) is 33.2 Å². The van der Waals surface area contributed by atoms with Crippen LogP contribution >= 0.6 is 0 Å². The van der Waals surface area contributed by atoms with Crippen molar-refractivity contribution >= 4 is 21.7 Å². The molecule has 0 aliphatic rings. The van der Waals surface area contributed by atoms with Crippen LogP contribution in [0.1, 0.15) is 143 Å². The minimum atomic E-state index is -0.352. The van der Waals surface area contributed by atoms with Gasteiger partial charge >= 0.3 is 0 Å². The van der Waals surface area contributed by atoms with Crippen LogP contribution in [0.5, 0.6) is 17.2 Å². The van der Waals surface area contributed by atoms with Crippen molar-refractivity contribution in [3.05, 3.63) is 166 Å². The summed E-state index contributed by atoms with van der Waals surface area (Å²) < 4.78 is 13.2. The third kappa shape index (κ3) is 15.0. The molecule has 0 atom stereocenters. The molecule has 7 aromatic rings. The largest absolute Gasteiger partial charge is 0.508 e. The molecule has 0 saturated heterocycles. The molecule has 338 valence electrons. The molecule has 1 heterocycles. The van der Waals surface area contributed by atoms with Gasteiger partial charge in [0, 0.05) is 10.9 Å². The van der Waals surface area contributed by atoms with Crippen LogP contribution in [0.15, 0.2) is 121 Å². The number of aromatic nitrogens is 2. The maximum absolute atomic E-state index is 13.2. The predicted molar refractivity (Wildman–Crippen MR) is 267 cm³/mol. The zero-order chi connectivity index (χ0) is 47.7. The van der Waals surface area contributed by atoms with Gasteiger partial charge in [-0.25, -0.2) is 4.39 Å². The van der Waals surface area contributed by atoms with Gasteiger partial charge in [-0.2, -0.15) is 5.10 Å². The van der Waals surface area contributed by atoms with Crippen molar-refractivity contribution in [3.63, 3.8) is 0 Å². The van der Waals surface area contributed by atoms with Gasteiger partial charge in [-0.15, -0.1) is 0 Å². The molecule has 4 N–H and O–H groups in total. The number of hydrogen-bond acceptors (Lipinski definition) is 4. The average molecular weight is 855 g/mol. The smallest absolute Gasteiger partial charge is 0.130 e. The zero-order valence-corrected chi connectivity index (χ0v) is 41.2. The number of phenols is 3. The summed E-state index contributed by atoms with van der Waals surface area (Å²) in [7, 11) is 0. The Kier molecular flexibility index (Phi) is 17.0. The Bertz CT molecular complexity index is 2520. The summed E-state index contributed by atoms with van der Waals surface area (Å²) in [6.07, 6.45) is 1.92. The monoisotopic (exact) mass is 855 g/mol. The van der Waals surface area contributed by atoms with Crippen molar-refractivity contribution in [3.8, 4) is 17.2 Å². The second-order valence-corrected chi connectivity index (χ2v) is 21.6. The lowest BCUT2D eigenvalue weighted by atomic mass is 9.82. The van der Waals surface area contributed by atoms with Crippen molar-refractivity contribution in [1.82, 2.24) is 10.2 Å². The number of fused-ring (bicyclic) bond motifs is 2. The van der Waals surface area contributed by atoms with Crippen molar-refractivity contribution in [2.24, 2.45) is 0 Å². The lowest BCUT2D eigenvalue weighted by Gasteiger charge is -2.22. The molecule has 6 heteroatoms. The Hall–Kier alpha value is -5.62. The van der Waals surface area contributed by atoms with Crippen LogP contribution in [0, 0.1) is 19.7 Å². The summed E-state index contributed by atoms with van der Waals surface area (Å²) in [4.78, 5) is 0. The minimum Gasteiger partial charge on any atom is -0.508 e. The molecule has 0 radical (unpaired) electrons. The number of aryl methyl sites for hydroxylation is 2. The number of hydrogen-bond donors (Lipinski definition) is 4. The maximum atomic E-state index is 13.2. The van der Waals surface area contributed by atoms with E-state index in [1.165, 1.54) is 62.4 Å².